The molecule has 0 aromatic carbocycles. The molecule has 0 heterocycles. The smallest absolute Gasteiger partial charge is 0.328 e. The molecule has 0 aliphatic rings. The van der Waals surface area contributed by atoms with E-state index >= 15 is 0 Å². The first-order valence-corrected chi connectivity index (χ1v) is 4.43. The molecule has 0 aliphatic heterocycles. The van der Waals surface area contributed by atoms with E-state index in [9.17, 15) is 9.59 Å². The number of urea groups is 1. The number of carbonyl (C=O) groups excluding carboxylic acids is 1. The molecule has 15 heavy (non-hydrogen) atoms. The van der Waals surface area contributed by atoms with Gasteiger partial charge in [-0.1, -0.05) is 0 Å². The van der Waals surface area contributed by atoms with Gasteiger partial charge in [0.05, 0.1) is 12.7 Å². The van der Waals surface area contributed by atoms with E-state index in [0.29, 0.717) is 6.61 Å². The van der Waals surface area contributed by atoms with Crippen LogP contribution < -0.4 is 10.6 Å². The number of ether oxygens (including phenoxy) is 1. The van der Waals surface area contributed by atoms with Crippen molar-refractivity contribution in [2.75, 3.05) is 20.3 Å². The largest absolute Gasteiger partial charge is 0.480 e. The second-order valence-corrected chi connectivity index (χ2v) is 2.95. The fourth-order valence-corrected chi connectivity index (χ4v) is 0.848. The normalized spacial score (nSPS) is 14.1. The van der Waals surface area contributed by atoms with Crippen LogP contribution in [0.3, 0.4) is 0 Å². The number of aliphatic carboxylic acids is 1. The van der Waals surface area contributed by atoms with Crippen molar-refractivity contribution in [3.8, 4) is 0 Å². The Balaban J connectivity index is 3.95. The zero-order valence-electron chi connectivity index (χ0n) is 8.69. The van der Waals surface area contributed by atoms with Gasteiger partial charge in [0.1, 0.15) is 0 Å². The van der Waals surface area contributed by atoms with Crippen LogP contribution in [0.25, 0.3) is 0 Å². The Morgan fingerprint density at radius 2 is 2.07 bits per heavy atom. The summed E-state index contributed by atoms with van der Waals surface area (Å²) < 4.78 is 4.68. The molecular weight excluding hydrogens is 204 g/mol. The first-order chi connectivity index (χ1) is 6.99. The van der Waals surface area contributed by atoms with Crippen LogP contribution in [0, 0.1) is 0 Å². The van der Waals surface area contributed by atoms with Crippen molar-refractivity contribution in [3.63, 3.8) is 0 Å². The molecule has 7 heteroatoms. The highest BCUT2D eigenvalue weighted by molar-refractivity contribution is 5.82. The minimum Gasteiger partial charge on any atom is -0.480 e. The number of methoxy groups -OCH3 is 1. The molecule has 2 atom stereocenters. The van der Waals surface area contributed by atoms with Gasteiger partial charge in [-0.15, -0.1) is 0 Å². The van der Waals surface area contributed by atoms with Gasteiger partial charge in [0, 0.05) is 13.7 Å². The third-order valence-corrected chi connectivity index (χ3v) is 1.63. The zero-order chi connectivity index (χ0) is 11.8. The van der Waals surface area contributed by atoms with Crippen LogP contribution in [-0.2, 0) is 9.53 Å². The lowest BCUT2D eigenvalue weighted by atomic mass is 10.2. The van der Waals surface area contributed by atoms with E-state index in [1.807, 2.05) is 0 Å². The molecule has 0 saturated carbocycles. The van der Waals surface area contributed by atoms with Crippen molar-refractivity contribution in [2.45, 2.75) is 19.1 Å². The Hall–Kier alpha value is -1.34. The molecule has 0 aliphatic carbocycles. The molecule has 0 bridgehead atoms. The summed E-state index contributed by atoms with van der Waals surface area (Å²) in [5, 5.41) is 22.2. The van der Waals surface area contributed by atoms with E-state index < -0.39 is 24.1 Å². The summed E-state index contributed by atoms with van der Waals surface area (Å²) in [4.78, 5) is 21.7. The van der Waals surface area contributed by atoms with Crippen LogP contribution >= 0.6 is 0 Å². The van der Waals surface area contributed by atoms with Gasteiger partial charge in [-0.05, 0) is 6.92 Å². The average molecular weight is 220 g/mol. The van der Waals surface area contributed by atoms with E-state index in [0.717, 1.165) is 0 Å². The number of carboxylic acid groups (broad SMARTS) is 1. The van der Waals surface area contributed by atoms with Gasteiger partial charge in [-0.2, -0.15) is 0 Å². The second-order valence-electron chi connectivity index (χ2n) is 2.95. The first kappa shape index (κ1) is 13.7. The van der Waals surface area contributed by atoms with E-state index in [1.54, 1.807) is 0 Å². The predicted octanol–water partition coefficient (Wildman–Crippen LogP) is -1.23. The number of nitrogens with one attached hydrogen (secondary N) is 2. The predicted molar refractivity (Wildman–Crippen MR) is 51.5 cm³/mol. The summed E-state index contributed by atoms with van der Waals surface area (Å²) in [5.41, 5.74) is 0. The molecule has 2 amide bonds. The van der Waals surface area contributed by atoms with Crippen LogP contribution in [0.4, 0.5) is 4.79 Å². The fourth-order valence-electron chi connectivity index (χ4n) is 0.848. The van der Waals surface area contributed by atoms with Crippen molar-refractivity contribution < 1.29 is 24.5 Å². The Morgan fingerprint density at radius 1 is 1.47 bits per heavy atom. The van der Waals surface area contributed by atoms with E-state index in [1.165, 1.54) is 14.0 Å². The van der Waals surface area contributed by atoms with Crippen LogP contribution in [-0.4, -0.2) is 54.6 Å². The molecule has 0 saturated heterocycles. The van der Waals surface area contributed by atoms with Crippen molar-refractivity contribution in [3.05, 3.63) is 0 Å². The molecule has 0 aromatic heterocycles. The molecule has 0 unspecified atom stereocenters. The van der Waals surface area contributed by atoms with Gasteiger partial charge in [-0.25, -0.2) is 9.59 Å². The topological polar surface area (TPSA) is 108 Å². The average Bonchev–Trinajstić information content (AvgIpc) is 2.13. The Kier molecular flexibility index (Phi) is 6.39. The lowest BCUT2D eigenvalue weighted by molar-refractivity contribution is -0.141. The standard InChI is InChI=1S/C8H16N2O5/c1-5(11)6(7(12)13)10-8(14)9-3-4-15-2/h5-6,11H,3-4H2,1-2H3,(H,12,13)(H2,9,10,14)/t5-,6+/m1/s1. The maximum absolute atomic E-state index is 11.1. The third kappa shape index (κ3) is 5.87. The maximum Gasteiger partial charge on any atom is 0.328 e. The molecule has 0 radical (unpaired) electrons. The highest BCUT2D eigenvalue weighted by Gasteiger charge is 2.24. The lowest BCUT2D eigenvalue weighted by Gasteiger charge is -2.17. The molecule has 0 spiro atoms. The highest BCUT2D eigenvalue weighted by Crippen LogP contribution is 1.92. The van der Waals surface area contributed by atoms with Crippen LogP contribution in [0.2, 0.25) is 0 Å². The van der Waals surface area contributed by atoms with E-state index in [4.69, 9.17) is 10.2 Å². The van der Waals surface area contributed by atoms with Crippen LogP contribution in [0.5, 0.6) is 0 Å². The number of aliphatic hydroxyl groups excluding tert-OH is 1. The summed E-state index contributed by atoms with van der Waals surface area (Å²) in [6, 6.07) is -1.96. The summed E-state index contributed by atoms with van der Waals surface area (Å²) in [6.45, 7) is 1.89. The van der Waals surface area contributed by atoms with Crippen LogP contribution in [0.15, 0.2) is 0 Å². The SMILES string of the molecule is COCCNC(=O)N[C@H](C(=O)O)[C@@H](C)O. The van der Waals surface area contributed by atoms with E-state index in [2.05, 4.69) is 15.4 Å². The van der Waals surface area contributed by atoms with Crippen molar-refractivity contribution in [2.24, 2.45) is 0 Å². The highest BCUT2D eigenvalue weighted by atomic mass is 16.5. The molecule has 0 rings (SSSR count). The summed E-state index contributed by atoms with van der Waals surface area (Å²) in [7, 11) is 1.48. The fraction of sp³-hybridized carbons (Fsp3) is 0.750. The quantitative estimate of drug-likeness (QED) is 0.419. The minimum atomic E-state index is -1.31. The van der Waals surface area contributed by atoms with Crippen molar-refractivity contribution in [1.29, 1.82) is 0 Å². The summed E-state index contributed by atoms with van der Waals surface area (Å²) in [5.74, 6) is -1.29. The molecule has 4 N–H and O–H groups in total. The Labute approximate surface area is 87.4 Å². The number of hydrogen-bond donors (Lipinski definition) is 4. The number of carbonyl (C=O) groups is 2. The number of rotatable bonds is 6. The maximum atomic E-state index is 11.1. The zero-order valence-corrected chi connectivity index (χ0v) is 8.69. The minimum absolute atomic E-state index is 0.272. The Morgan fingerprint density at radius 3 is 2.47 bits per heavy atom. The number of carboxylic acids is 1. The Bertz CT molecular complexity index is 219. The summed E-state index contributed by atoms with van der Waals surface area (Å²) >= 11 is 0. The van der Waals surface area contributed by atoms with Gasteiger partial charge in [0.25, 0.3) is 0 Å². The van der Waals surface area contributed by atoms with Crippen LogP contribution in [0.1, 0.15) is 6.92 Å². The van der Waals surface area contributed by atoms with Crippen molar-refractivity contribution in [1.82, 2.24) is 10.6 Å². The second kappa shape index (κ2) is 7.02. The monoisotopic (exact) mass is 220 g/mol. The van der Waals surface area contributed by atoms with Crippen molar-refractivity contribution >= 4 is 12.0 Å². The molecular formula is C8H16N2O5. The van der Waals surface area contributed by atoms with Gasteiger partial charge < -0.3 is 25.6 Å². The van der Waals surface area contributed by atoms with Gasteiger partial charge >= 0.3 is 12.0 Å². The van der Waals surface area contributed by atoms with Gasteiger partial charge in [0.15, 0.2) is 6.04 Å². The van der Waals surface area contributed by atoms with Gasteiger partial charge in [-0.3, -0.25) is 0 Å². The lowest BCUT2D eigenvalue weighted by Crippen LogP contribution is -2.51. The molecule has 0 fully saturated rings. The number of amides is 2. The molecule has 88 valence electrons. The molecule has 7 nitrogen and oxygen atoms in total. The number of aliphatic hydroxyl groups is 1. The van der Waals surface area contributed by atoms with E-state index in [-0.39, 0.29) is 6.54 Å². The third-order valence-electron chi connectivity index (χ3n) is 1.63. The number of hydrogen-bond acceptors (Lipinski definition) is 4. The summed E-state index contributed by atoms with van der Waals surface area (Å²) in [6.07, 6.45) is -1.16. The first-order valence-electron chi connectivity index (χ1n) is 4.43. The molecule has 0 aromatic rings. The van der Waals surface area contributed by atoms with Gasteiger partial charge in [0.2, 0.25) is 0 Å².